The number of rotatable bonds is 3. The summed E-state index contributed by atoms with van der Waals surface area (Å²) in [6, 6.07) is 0. The quantitative estimate of drug-likeness (QED) is 0.859. The van der Waals surface area contributed by atoms with E-state index in [1.807, 2.05) is 20.8 Å². The summed E-state index contributed by atoms with van der Waals surface area (Å²) in [6.45, 7) is 5.99. The van der Waals surface area contributed by atoms with Gasteiger partial charge in [-0.2, -0.15) is 0 Å². The molecule has 15 heavy (non-hydrogen) atoms. The van der Waals surface area contributed by atoms with E-state index in [1.54, 1.807) is 6.20 Å². The molecule has 0 amide bonds. The Labute approximate surface area is 90.8 Å². The van der Waals surface area contributed by atoms with E-state index >= 15 is 0 Å². The van der Waals surface area contributed by atoms with Gasteiger partial charge in [0.25, 0.3) is 0 Å². The summed E-state index contributed by atoms with van der Waals surface area (Å²) in [4.78, 5) is 4.02. The maximum atomic E-state index is 11.1. The third kappa shape index (κ3) is 3.20. The molecule has 84 valence electrons. The van der Waals surface area contributed by atoms with E-state index < -0.39 is 10.0 Å². The molecule has 0 aromatic carbocycles. The van der Waals surface area contributed by atoms with Gasteiger partial charge in [-0.1, -0.05) is 13.8 Å². The Morgan fingerprint density at radius 3 is 2.40 bits per heavy atom. The number of hydrogen-bond acceptors (Lipinski definition) is 3. The number of pyridine rings is 1. The van der Waals surface area contributed by atoms with Crippen molar-refractivity contribution in [1.82, 2.24) is 4.98 Å². The number of nitrogens with zero attached hydrogens (tertiary/aromatic N) is 1. The second kappa shape index (κ2) is 4.18. The van der Waals surface area contributed by atoms with Crippen molar-refractivity contribution >= 4 is 15.7 Å². The largest absolute Gasteiger partial charge is 0.282 e. The number of sulfonamides is 1. The van der Waals surface area contributed by atoms with Gasteiger partial charge in [-0.25, -0.2) is 8.42 Å². The van der Waals surface area contributed by atoms with Gasteiger partial charge >= 0.3 is 0 Å². The summed E-state index contributed by atoms with van der Waals surface area (Å²) < 4.78 is 24.6. The predicted molar refractivity (Wildman–Crippen MR) is 61.5 cm³/mol. The van der Waals surface area contributed by atoms with E-state index in [0.717, 1.165) is 17.4 Å². The first-order valence-corrected chi connectivity index (χ1v) is 6.62. The fourth-order valence-electron chi connectivity index (χ4n) is 1.43. The molecule has 0 spiro atoms. The van der Waals surface area contributed by atoms with Gasteiger partial charge in [0.2, 0.25) is 10.0 Å². The normalized spacial score (nSPS) is 11.8. The average molecular weight is 228 g/mol. The van der Waals surface area contributed by atoms with E-state index in [0.29, 0.717) is 11.6 Å². The Bertz CT molecular complexity index is 452. The first kappa shape index (κ1) is 12.0. The molecule has 1 aromatic heterocycles. The van der Waals surface area contributed by atoms with Crippen LogP contribution in [0.3, 0.4) is 0 Å². The van der Waals surface area contributed by atoms with Gasteiger partial charge in [-0.3, -0.25) is 9.71 Å². The molecule has 1 rings (SSSR count). The second-order valence-electron chi connectivity index (χ2n) is 3.93. The molecule has 0 radical (unpaired) electrons. The SMILES string of the molecule is Cc1c(NS(C)(=O)=O)cncc1C(C)C. The van der Waals surface area contributed by atoms with Crippen LogP contribution in [-0.4, -0.2) is 19.7 Å². The second-order valence-corrected chi connectivity index (χ2v) is 5.68. The van der Waals surface area contributed by atoms with E-state index in [9.17, 15) is 8.42 Å². The van der Waals surface area contributed by atoms with Crippen molar-refractivity contribution in [2.24, 2.45) is 0 Å². The van der Waals surface area contributed by atoms with Gasteiger partial charge in [0.05, 0.1) is 18.1 Å². The zero-order chi connectivity index (χ0) is 11.6. The number of anilines is 1. The van der Waals surface area contributed by atoms with Crippen LogP contribution >= 0.6 is 0 Å². The Hall–Kier alpha value is -1.10. The van der Waals surface area contributed by atoms with Crippen LogP contribution in [-0.2, 0) is 10.0 Å². The lowest BCUT2D eigenvalue weighted by Gasteiger charge is -2.13. The minimum Gasteiger partial charge on any atom is -0.282 e. The highest BCUT2D eigenvalue weighted by Gasteiger charge is 2.10. The highest BCUT2D eigenvalue weighted by Crippen LogP contribution is 2.24. The van der Waals surface area contributed by atoms with Crippen LogP contribution in [0.25, 0.3) is 0 Å². The Morgan fingerprint density at radius 2 is 1.93 bits per heavy atom. The third-order valence-corrected chi connectivity index (χ3v) is 2.76. The van der Waals surface area contributed by atoms with Crippen LogP contribution in [0, 0.1) is 6.92 Å². The van der Waals surface area contributed by atoms with Gasteiger partial charge in [0.15, 0.2) is 0 Å². The maximum absolute atomic E-state index is 11.1. The van der Waals surface area contributed by atoms with Gasteiger partial charge in [0, 0.05) is 6.20 Å². The molecule has 0 saturated carbocycles. The van der Waals surface area contributed by atoms with Crippen LogP contribution in [0.15, 0.2) is 12.4 Å². The van der Waals surface area contributed by atoms with Gasteiger partial charge < -0.3 is 0 Å². The molecular weight excluding hydrogens is 212 g/mol. The number of hydrogen-bond donors (Lipinski definition) is 1. The van der Waals surface area contributed by atoms with Gasteiger partial charge in [0.1, 0.15) is 0 Å². The minimum atomic E-state index is -3.23. The summed E-state index contributed by atoms with van der Waals surface area (Å²) >= 11 is 0. The topological polar surface area (TPSA) is 59.1 Å². The molecule has 0 fully saturated rings. The standard InChI is InChI=1S/C10H16N2O2S/c1-7(2)9-5-11-6-10(8(9)3)12-15(4,13)14/h5-7,12H,1-4H3. The molecular formula is C10H16N2O2S. The molecule has 5 heteroatoms. The highest BCUT2D eigenvalue weighted by atomic mass is 32.2. The summed E-state index contributed by atoms with van der Waals surface area (Å²) in [5, 5.41) is 0. The Morgan fingerprint density at radius 1 is 1.33 bits per heavy atom. The predicted octanol–water partition coefficient (Wildman–Crippen LogP) is 1.88. The summed E-state index contributed by atoms with van der Waals surface area (Å²) in [6.07, 6.45) is 4.43. The van der Waals surface area contributed by atoms with E-state index in [1.165, 1.54) is 6.20 Å². The van der Waals surface area contributed by atoms with Crippen molar-refractivity contribution in [2.45, 2.75) is 26.7 Å². The van der Waals surface area contributed by atoms with Gasteiger partial charge in [-0.15, -0.1) is 0 Å². The van der Waals surface area contributed by atoms with E-state index in [-0.39, 0.29) is 0 Å². The van der Waals surface area contributed by atoms with Gasteiger partial charge in [-0.05, 0) is 24.0 Å². The van der Waals surface area contributed by atoms with Crippen LogP contribution in [0.1, 0.15) is 30.9 Å². The van der Waals surface area contributed by atoms with Crippen LogP contribution in [0.2, 0.25) is 0 Å². The fraction of sp³-hybridized carbons (Fsp3) is 0.500. The zero-order valence-electron chi connectivity index (χ0n) is 9.40. The molecule has 4 nitrogen and oxygen atoms in total. The number of aromatic nitrogens is 1. The smallest absolute Gasteiger partial charge is 0.229 e. The van der Waals surface area contributed by atoms with Crippen molar-refractivity contribution < 1.29 is 8.42 Å². The van der Waals surface area contributed by atoms with E-state index in [4.69, 9.17) is 0 Å². The molecule has 0 aliphatic rings. The molecule has 0 unspecified atom stereocenters. The van der Waals surface area contributed by atoms with Crippen molar-refractivity contribution in [1.29, 1.82) is 0 Å². The molecule has 0 atom stereocenters. The molecule has 1 aromatic rings. The third-order valence-electron chi connectivity index (χ3n) is 2.17. The monoisotopic (exact) mass is 228 g/mol. The molecule has 0 bridgehead atoms. The summed E-state index contributed by atoms with van der Waals surface area (Å²) in [7, 11) is -3.23. The lowest BCUT2D eigenvalue weighted by molar-refractivity contribution is 0.606. The lowest BCUT2D eigenvalue weighted by Crippen LogP contribution is -2.12. The molecule has 1 N–H and O–H groups in total. The first-order valence-electron chi connectivity index (χ1n) is 4.73. The molecule has 1 heterocycles. The van der Waals surface area contributed by atoms with Crippen LogP contribution in [0.5, 0.6) is 0 Å². The van der Waals surface area contributed by atoms with Crippen molar-refractivity contribution in [2.75, 3.05) is 11.0 Å². The van der Waals surface area contributed by atoms with Crippen molar-refractivity contribution in [3.8, 4) is 0 Å². The maximum Gasteiger partial charge on any atom is 0.229 e. The average Bonchev–Trinajstić information content (AvgIpc) is 2.05. The zero-order valence-corrected chi connectivity index (χ0v) is 10.2. The molecule has 0 saturated heterocycles. The fourth-order valence-corrected chi connectivity index (χ4v) is 2.03. The Kier molecular flexibility index (Phi) is 3.34. The van der Waals surface area contributed by atoms with Crippen LogP contribution < -0.4 is 4.72 Å². The first-order chi connectivity index (χ1) is 6.81. The van der Waals surface area contributed by atoms with Crippen molar-refractivity contribution in [3.63, 3.8) is 0 Å². The lowest BCUT2D eigenvalue weighted by atomic mass is 10.00. The van der Waals surface area contributed by atoms with Crippen LogP contribution in [0.4, 0.5) is 5.69 Å². The van der Waals surface area contributed by atoms with Crippen molar-refractivity contribution in [3.05, 3.63) is 23.5 Å². The van der Waals surface area contributed by atoms with E-state index in [2.05, 4.69) is 9.71 Å². The summed E-state index contributed by atoms with van der Waals surface area (Å²) in [5.74, 6) is 0.332. The Balaban J connectivity index is 3.16. The number of nitrogens with one attached hydrogen (secondary N) is 1. The molecule has 0 aliphatic carbocycles. The molecule has 0 aliphatic heterocycles. The summed E-state index contributed by atoms with van der Waals surface area (Å²) in [5.41, 5.74) is 2.55. The minimum absolute atomic E-state index is 0.332. The highest BCUT2D eigenvalue weighted by molar-refractivity contribution is 7.92.